The van der Waals surface area contributed by atoms with Gasteiger partial charge in [0.05, 0.1) is 23.7 Å². The monoisotopic (exact) mass is 377 g/mol. The number of carbonyl (C=O) groups is 1. The van der Waals surface area contributed by atoms with E-state index in [0.717, 1.165) is 42.0 Å². The highest BCUT2D eigenvalue weighted by Gasteiger charge is 2.17. The van der Waals surface area contributed by atoms with Gasteiger partial charge in [0.15, 0.2) is 0 Å². The minimum atomic E-state index is -0.208. The van der Waals surface area contributed by atoms with Gasteiger partial charge in [-0.1, -0.05) is 37.8 Å². The maximum Gasteiger partial charge on any atom is 0.243 e. The van der Waals surface area contributed by atoms with Crippen molar-refractivity contribution in [2.75, 3.05) is 6.61 Å². The Kier molecular flexibility index (Phi) is 6.48. The number of nitrogens with zero attached hydrogens (tertiary/aromatic N) is 2. The lowest BCUT2D eigenvalue weighted by Crippen LogP contribution is -2.27. The van der Waals surface area contributed by atoms with Crippen molar-refractivity contribution < 1.29 is 9.53 Å². The highest BCUT2D eigenvalue weighted by Crippen LogP contribution is 2.21. The average Bonchev–Trinajstić information content (AvgIpc) is 3.10. The van der Waals surface area contributed by atoms with Crippen LogP contribution in [0.3, 0.4) is 0 Å². The summed E-state index contributed by atoms with van der Waals surface area (Å²) in [6.45, 7) is 8.97. The summed E-state index contributed by atoms with van der Waals surface area (Å²) in [6.07, 6.45) is 3.14. The summed E-state index contributed by atoms with van der Waals surface area (Å²) in [6, 6.07) is 16.0. The van der Waals surface area contributed by atoms with Crippen LogP contribution in [0.4, 0.5) is 0 Å². The number of aryl methyl sites for hydroxylation is 2. The summed E-state index contributed by atoms with van der Waals surface area (Å²) < 4.78 is 8.04. The molecule has 0 saturated carbocycles. The standard InChI is InChI=1S/C23H27N3O2/c1-4-18-11-13-19(14-12-18)28-16-8-15-26-21-10-7-6-9-20(21)25-23(26)17(3)24-22(27)5-2/h5-7,9-14,17H,2,4,8,15-16H2,1,3H3,(H,24,27). The minimum absolute atomic E-state index is 0.204. The zero-order valence-corrected chi connectivity index (χ0v) is 16.5. The second-order valence-electron chi connectivity index (χ2n) is 6.74. The van der Waals surface area contributed by atoms with E-state index < -0.39 is 0 Å². The summed E-state index contributed by atoms with van der Waals surface area (Å²) in [5.41, 5.74) is 3.29. The van der Waals surface area contributed by atoms with Crippen molar-refractivity contribution in [3.05, 3.63) is 72.6 Å². The van der Waals surface area contributed by atoms with E-state index >= 15 is 0 Å². The molecule has 0 aliphatic heterocycles. The molecule has 5 heteroatoms. The van der Waals surface area contributed by atoms with Gasteiger partial charge in [-0.3, -0.25) is 4.79 Å². The predicted octanol–water partition coefficient (Wildman–Crippen LogP) is 4.43. The lowest BCUT2D eigenvalue weighted by molar-refractivity contribution is -0.117. The molecule has 2 aromatic carbocycles. The van der Waals surface area contributed by atoms with E-state index in [1.807, 2.05) is 37.3 Å². The van der Waals surface area contributed by atoms with Crippen molar-refractivity contribution in [2.45, 2.75) is 39.3 Å². The maximum absolute atomic E-state index is 11.7. The Morgan fingerprint density at radius 1 is 1.25 bits per heavy atom. The Balaban J connectivity index is 1.69. The number of hydrogen-bond acceptors (Lipinski definition) is 3. The number of ether oxygens (including phenoxy) is 1. The molecule has 1 aromatic heterocycles. The maximum atomic E-state index is 11.7. The third kappa shape index (κ3) is 4.60. The molecule has 0 spiro atoms. The molecule has 1 atom stereocenters. The molecule has 0 saturated heterocycles. The summed E-state index contributed by atoms with van der Waals surface area (Å²) in [5.74, 6) is 1.52. The van der Waals surface area contributed by atoms with E-state index in [1.165, 1.54) is 11.6 Å². The molecule has 28 heavy (non-hydrogen) atoms. The number of hydrogen-bond donors (Lipinski definition) is 1. The topological polar surface area (TPSA) is 56.2 Å². The lowest BCUT2D eigenvalue weighted by Gasteiger charge is -2.16. The first-order valence-corrected chi connectivity index (χ1v) is 9.72. The number of amides is 1. The number of fused-ring (bicyclic) bond motifs is 1. The van der Waals surface area contributed by atoms with Gasteiger partial charge in [0.1, 0.15) is 11.6 Å². The molecule has 0 bridgehead atoms. The molecule has 1 unspecified atom stereocenters. The number of para-hydroxylation sites is 2. The van der Waals surface area contributed by atoms with Crippen molar-refractivity contribution >= 4 is 16.9 Å². The smallest absolute Gasteiger partial charge is 0.243 e. The van der Waals surface area contributed by atoms with Gasteiger partial charge in [0.25, 0.3) is 0 Å². The van der Waals surface area contributed by atoms with E-state index in [0.29, 0.717) is 6.61 Å². The highest BCUT2D eigenvalue weighted by molar-refractivity contribution is 5.87. The molecule has 1 heterocycles. The lowest BCUT2D eigenvalue weighted by atomic mass is 10.2. The Labute approximate surface area is 166 Å². The van der Waals surface area contributed by atoms with Crippen LogP contribution in [0.2, 0.25) is 0 Å². The number of nitrogens with one attached hydrogen (secondary N) is 1. The van der Waals surface area contributed by atoms with Gasteiger partial charge < -0.3 is 14.6 Å². The summed E-state index contributed by atoms with van der Waals surface area (Å²) >= 11 is 0. The van der Waals surface area contributed by atoms with Gasteiger partial charge in [0.2, 0.25) is 5.91 Å². The van der Waals surface area contributed by atoms with E-state index in [1.54, 1.807) is 0 Å². The number of imidazole rings is 1. The fourth-order valence-electron chi connectivity index (χ4n) is 3.23. The van der Waals surface area contributed by atoms with E-state index in [9.17, 15) is 4.79 Å². The Hall–Kier alpha value is -3.08. The number of benzene rings is 2. The van der Waals surface area contributed by atoms with Crippen LogP contribution < -0.4 is 10.1 Å². The highest BCUT2D eigenvalue weighted by atomic mass is 16.5. The molecular weight excluding hydrogens is 350 g/mol. The minimum Gasteiger partial charge on any atom is -0.494 e. The SMILES string of the molecule is C=CC(=O)NC(C)c1nc2ccccc2n1CCCOc1ccc(CC)cc1. The van der Waals surface area contributed by atoms with Crippen molar-refractivity contribution in [1.29, 1.82) is 0 Å². The van der Waals surface area contributed by atoms with Gasteiger partial charge in [-0.2, -0.15) is 0 Å². The van der Waals surface area contributed by atoms with E-state index in [-0.39, 0.29) is 11.9 Å². The van der Waals surface area contributed by atoms with Gasteiger partial charge >= 0.3 is 0 Å². The summed E-state index contributed by atoms with van der Waals surface area (Å²) in [5, 5.41) is 2.90. The van der Waals surface area contributed by atoms with Crippen LogP contribution in [0.25, 0.3) is 11.0 Å². The molecule has 146 valence electrons. The molecule has 5 nitrogen and oxygen atoms in total. The van der Waals surface area contributed by atoms with Crippen molar-refractivity contribution in [2.24, 2.45) is 0 Å². The fraction of sp³-hybridized carbons (Fsp3) is 0.304. The molecule has 0 aliphatic carbocycles. The third-order valence-electron chi connectivity index (χ3n) is 4.74. The van der Waals surface area contributed by atoms with Crippen LogP contribution in [0.15, 0.2) is 61.2 Å². The number of rotatable bonds is 9. The number of aromatic nitrogens is 2. The van der Waals surface area contributed by atoms with E-state index in [4.69, 9.17) is 9.72 Å². The molecule has 1 N–H and O–H groups in total. The molecular formula is C23H27N3O2. The Morgan fingerprint density at radius 3 is 2.71 bits per heavy atom. The van der Waals surface area contributed by atoms with Gasteiger partial charge in [-0.25, -0.2) is 4.98 Å². The van der Waals surface area contributed by atoms with Crippen LogP contribution >= 0.6 is 0 Å². The normalized spacial score (nSPS) is 11.9. The summed E-state index contributed by atoms with van der Waals surface area (Å²) in [7, 11) is 0. The van der Waals surface area contributed by atoms with Gasteiger partial charge in [-0.05, 0) is 55.7 Å². The zero-order chi connectivity index (χ0) is 19.9. The molecule has 1 amide bonds. The summed E-state index contributed by atoms with van der Waals surface area (Å²) in [4.78, 5) is 16.4. The number of carbonyl (C=O) groups excluding carboxylic acids is 1. The average molecular weight is 377 g/mol. The van der Waals surface area contributed by atoms with Crippen LogP contribution in [0, 0.1) is 0 Å². The quantitative estimate of drug-likeness (QED) is 0.443. The molecule has 0 fully saturated rings. The van der Waals surface area contributed by atoms with Gasteiger partial charge in [-0.15, -0.1) is 0 Å². The van der Waals surface area contributed by atoms with Crippen LogP contribution in [0.1, 0.15) is 37.7 Å². The van der Waals surface area contributed by atoms with Crippen molar-refractivity contribution in [3.63, 3.8) is 0 Å². The van der Waals surface area contributed by atoms with Gasteiger partial charge in [0, 0.05) is 6.54 Å². The largest absolute Gasteiger partial charge is 0.494 e. The van der Waals surface area contributed by atoms with Crippen molar-refractivity contribution in [3.8, 4) is 5.75 Å². The zero-order valence-electron chi connectivity index (χ0n) is 16.5. The second-order valence-corrected chi connectivity index (χ2v) is 6.74. The molecule has 3 aromatic rings. The van der Waals surface area contributed by atoms with E-state index in [2.05, 4.69) is 41.6 Å². The first-order valence-electron chi connectivity index (χ1n) is 9.72. The van der Waals surface area contributed by atoms with Crippen LogP contribution in [-0.4, -0.2) is 22.1 Å². The van der Waals surface area contributed by atoms with Crippen LogP contribution in [0.5, 0.6) is 5.75 Å². The first-order chi connectivity index (χ1) is 13.6. The second kappa shape index (κ2) is 9.22. The Bertz CT molecular complexity index is 944. The van der Waals surface area contributed by atoms with Crippen LogP contribution in [-0.2, 0) is 17.8 Å². The third-order valence-corrected chi connectivity index (χ3v) is 4.74. The molecule has 0 radical (unpaired) electrons. The molecule has 0 aliphatic rings. The fourth-order valence-corrected chi connectivity index (χ4v) is 3.23. The first kappa shape index (κ1) is 19.7. The Morgan fingerprint density at radius 2 is 2.00 bits per heavy atom. The predicted molar refractivity (Wildman–Crippen MR) is 112 cm³/mol. The van der Waals surface area contributed by atoms with Crippen molar-refractivity contribution in [1.82, 2.24) is 14.9 Å². The molecule has 3 rings (SSSR count).